The smallest absolute Gasteiger partial charge is 0.253 e. The molecule has 118 valence electrons. The first-order valence-electron chi connectivity index (χ1n) is 7.61. The Kier molecular flexibility index (Phi) is 4.74. The lowest BCUT2D eigenvalue weighted by Crippen LogP contribution is -2.26. The Bertz CT molecular complexity index is 863. The van der Waals surface area contributed by atoms with Crippen LogP contribution in [0.2, 0.25) is 5.02 Å². The molecule has 2 N–H and O–H groups in total. The van der Waals surface area contributed by atoms with Crippen LogP contribution in [0.25, 0.3) is 21.8 Å². The van der Waals surface area contributed by atoms with E-state index in [9.17, 15) is 4.79 Å². The third kappa shape index (κ3) is 3.44. The molecule has 1 aromatic heterocycles. The molecule has 2 aromatic carbocycles. The number of amides is 1. The third-order valence-electron chi connectivity index (χ3n) is 3.73. The van der Waals surface area contributed by atoms with Crippen molar-refractivity contribution in [1.82, 2.24) is 15.6 Å². The molecule has 0 saturated carbocycles. The fraction of sp³-hybridized carbons (Fsp3) is 0.222. The highest BCUT2D eigenvalue weighted by Crippen LogP contribution is 2.24. The lowest BCUT2D eigenvalue weighted by atomic mass is 10.1. The van der Waals surface area contributed by atoms with Crippen LogP contribution in [0.5, 0.6) is 0 Å². The van der Waals surface area contributed by atoms with E-state index in [0.29, 0.717) is 22.6 Å². The summed E-state index contributed by atoms with van der Waals surface area (Å²) >= 11 is 6.04. The van der Waals surface area contributed by atoms with E-state index in [2.05, 4.69) is 15.6 Å². The molecule has 1 amide bonds. The van der Waals surface area contributed by atoms with Gasteiger partial charge in [0, 0.05) is 22.3 Å². The normalized spacial score (nSPS) is 11.0. The summed E-state index contributed by atoms with van der Waals surface area (Å²) in [6.45, 7) is 1.51. The first-order chi connectivity index (χ1) is 11.2. The third-order valence-corrected chi connectivity index (χ3v) is 3.97. The summed E-state index contributed by atoms with van der Waals surface area (Å²) < 4.78 is 0. The maximum atomic E-state index is 12.4. The van der Waals surface area contributed by atoms with Gasteiger partial charge in [0.2, 0.25) is 0 Å². The summed E-state index contributed by atoms with van der Waals surface area (Å²) in [5.74, 6) is -0.0903. The van der Waals surface area contributed by atoms with Crippen LogP contribution in [0.3, 0.4) is 0 Å². The van der Waals surface area contributed by atoms with E-state index in [0.717, 1.165) is 29.3 Å². The van der Waals surface area contributed by atoms with Gasteiger partial charge in [-0.1, -0.05) is 23.7 Å². The van der Waals surface area contributed by atoms with Crippen molar-refractivity contribution in [2.45, 2.75) is 6.42 Å². The van der Waals surface area contributed by atoms with Crippen molar-refractivity contribution >= 4 is 39.3 Å². The van der Waals surface area contributed by atoms with Gasteiger partial charge in [-0.25, -0.2) is 4.98 Å². The van der Waals surface area contributed by atoms with Crippen molar-refractivity contribution in [3.05, 3.63) is 53.1 Å². The molecule has 4 nitrogen and oxygen atoms in total. The number of nitrogens with zero attached hydrogens (tertiary/aromatic N) is 1. The van der Waals surface area contributed by atoms with Crippen molar-refractivity contribution in [1.29, 1.82) is 0 Å². The first-order valence-corrected chi connectivity index (χ1v) is 7.98. The monoisotopic (exact) mass is 327 g/mol. The molecule has 0 aliphatic rings. The second-order valence-corrected chi connectivity index (χ2v) is 5.85. The second kappa shape index (κ2) is 6.94. The molecule has 23 heavy (non-hydrogen) atoms. The number of nitrogens with one attached hydrogen (secondary N) is 2. The largest absolute Gasteiger partial charge is 0.352 e. The van der Waals surface area contributed by atoms with Crippen molar-refractivity contribution in [2.75, 3.05) is 20.1 Å². The summed E-state index contributed by atoms with van der Waals surface area (Å²) in [4.78, 5) is 17.1. The molecule has 0 bridgehead atoms. The van der Waals surface area contributed by atoms with Crippen LogP contribution in [0, 0.1) is 0 Å². The van der Waals surface area contributed by atoms with E-state index in [1.54, 1.807) is 0 Å². The lowest BCUT2D eigenvalue weighted by Gasteiger charge is -2.09. The van der Waals surface area contributed by atoms with E-state index in [-0.39, 0.29) is 5.91 Å². The summed E-state index contributed by atoms with van der Waals surface area (Å²) in [7, 11) is 1.90. The Labute approximate surface area is 139 Å². The Morgan fingerprint density at radius 1 is 1.13 bits per heavy atom. The standard InChI is InChI=1S/C18H18ClN3O/c1-20-8-3-9-21-18(23)15-5-2-4-12-10-13-11-14(19)6-7-16(13)22-17(12)15/h2,4-7,10-11,20H,3,8-9H2,1H3,(H,21,23). The van der Waals surface area contributed by atoms with Gasteiger partial charge in [-0.05, 0) is 50.3 Å². The highest BCUT2D eigenvalue weighted by atomic mass is 35.5. The van der Waals surface area contributed by atoms with Gasteiger partial charge in [-0.3, -0.25) is 4.79 Å². The van der Waals surface area contributed by atoms with Gasteiger partial charge in [0.25, 0.3) is 5.91 Å². The average Bonchev–Trinajstić information content (AvgIpc) is 2.56. The Morgan fingerprint density at radius 2 is 2.00 bits per heavy atom. The van der Waals surface area contributed by atoms with Crippen LogP contribution in [-0.2, 0) is 0 Å². The molecule has 3 rings (SSSR count). The first kappa shape index (κ1) is 15.7. The number of halogens is 1. The van der Waals surface area contributed by atoms with Crippen LogP contribution >= 0.6 is 11.6 Å². The van der Waals surface area contributed by atoms with Gasteiger partial charge in [-0.15, -0.1) is 0 Å². The molecule has 0 fully saturated rings. The number of para-hydroxylation sites is 1. The van der Waals surface area contributed by atoms with E-state index in [1.807, 2.05) is 49.5 Å². The molecule has 3 aromatic rings. The Balaban J connectivity index is 1.97. The van der Waals surface area contributed by atoms with E-state index in [1.165, 1.54) is 0 Å². The summed E-state index contributed by atoms with van der Waals surface area (Å²) in [5.41, 5.74) is 2.15. The molecule has 0 aliphatic heterocycles. The maximum absolute atomic E-state index is 12.4. The van der Waals surface area contributed by atoms with Gasteiger partial charge < -0.3 is 10.6 Å². The van der Waals surface area contributed by atoms with E-state index >= 15 is 0 Å². The minimum absolute atomic E-state index is 0.0903. The van der Waals surface area contributed by atoms with Gasteiger partial charge in [-0.2, -0.15) is 0 Å². The SMILES string of the molecule is CNCCCNC(=O)c1cccc2cc3cc(Cl)ccc3nc12. The number of hydrogen-bond donors (Lipinski definition) is 2. The molecule has 0 spiro atoms. The fourth-order valence-corrected chi connectivity index (χ4v) is 2.76. The topological polar surface area (TPSA) is 54.0 Å². The number of rotatable bonds is 5. The van der Waals surface area contributed by atoms with Crippen LogP contribution in [0.15, 0.2) is 42.5 Å². The van der Waals surface area contributed by atoms with Crippen molar-refractivity contribution < 1.29 is 4.79 Å². The van der Waals surface area contributed by atoms with Crippen LogP contribution in [-0.4, -0.2) is 31.0 Å². The van der Waals surface area contributed by atoms with Crippen LogP contribution in [0.1, 0.15) is 16.8 Å². The number of fused-ring (bicyclic) bond motifs is 2. The van der Waals surface area contributed by atoms with Crippen LogP contribution in [0.4, 0.5) is 0 Å². The van der Waals surface area contributed by atoms with Crippen molar-refractivity contribution in [3.63, 3.8) is 0 Å². The number of carbonyl (C=O) groups excluding carboxylic acids is 1. The molecule has 0 aliphatic carbocycles. The average molecular weight is 328 g/mol. The molecule has 0 unspecified atom stereocenters. The zero-order chi connectivity index (χ0) is 16.2. The minimum atomic E-state index is -0.0903. The molecule has 0 atom stereocenters. The zero-order valence-electron chi connectivity index (χ0n) is 12.9. The summed E-state index contributed by atoms with van der Waals surface area (Å²) in [5, 5.41) is 8.58. The summed E-state index contributed by atoms with van der Waals surface area (Å²) in [6.07, 6.45) is 0.891. The Morgan fingerprint density at radius 3 is 2.83 bits per heavy atom. The van der Waals surface area contributed by atoms with E-state index < -0.39 is 0 Å². The number of pyridine rings is 1. The quantitative estimate of drug-likeness (QED) is 0.558. The van der Waals surface area contributed by atoms with Crippen molar-refractivity contribution in [3.8, 4) is 0 Å². The maximum Gasteiger partial charge on any atom is 0.253 e. The van der Waals surface area contributed by atoms with E-state index in [4.69, 9.17) is 11.6 Å². The molecule has 0 saturated heterocycles. The lowest BCUT2D eigenvalue weighted by molar-refractivity contribution is 0.0955. The minimum Gasteiger partial charge on any atom is -0.352 e. The predicted octanol–water partition coefficient (Wildman–Crippen LogP) is 3.38. The number of carbonyl (C=O) groups is 1. The second-order valence-electron chi connectivity index (χ2n) is 5.42. The zero-order valence-corrected chi connectivity index (χ0v) is 13.7. The summed E-state index contributed by atoms with van der Waals surface area (Å²) in [6, 6.07) is 13.2. The highest BCUT2D eigenvalue weighted by molar-refractivity contribution is 6.31. The molecular formula is C18H18ClN3O. The number of benzene rings is 2. The molecule has 0 radical (unpaired) electrons. The van der Waals surface area contributed by atoms with Gasteiger partial charge in [0.05, 0.1) is 16.6 Å². The predicted molar refractivity (Wildman–Crippen MR) is 95.1 cm³/mol. The highest BCUT2D eigenvalue weighted by Gasteiger charge is 2.11. The van der Waals surface area contributed by atoms with Gasteiger partial charge >= 0.3 is 0 Å². The molecular weight excluding hydrogens is 310 g/mol. The number of aromatic nitrogens is 1. The van der Waals surface area contributed by atoms with Crippen molar-refractivity contribution in [2.24, 2.45) is 0 Å². The number of hydrogen-bond acceptors (Lipinski definition) is 3. The molecule has 5 heteroatoms. The van der Waals surface area contributed by atoms with Gasteiger partial charge in [0.1, 0.15) is 0 Å². The van der Waals surface area contributed by atoms with Gasteiger partial charge in [0.15, 0.2) is 0 Å². The fourth-order valence-electron chi connectivity index (χ4n) is 2.58. The Hall–Kier alpha value is -2.17. The molecule has 1 heterocycles. The van der Waals surface area contributed by atoms with Crippen LogP contribution < -0.4 is 10.6 Å².